The highest BCUT2D eigenvalue weighted by Crippen LogP contribution is 2.34. The van der Waals surface area contributed by atoms with Crippen molar-refractivity contribution in [1.82, 2.24) is 5.01 Å². The molecule has 3 rings (SSSR count). The fourth-order valence-electron chi connectivity index (χ4n) is 2.31. The van der Waals surface area contributed by atoms with Crippen molar-refractivity contribution in [3.63, 3.8) is 0 Å². The zero-order valence-electron chi connectivity index (χ0n) is 12.5. The molecule has 0 aromatic heterocycles. The van der Waals surface area contributed by atoms with Crippen molar-refractivity contribution in [1.29, 1.82) is 0 Å². The molecule has 0 fully saturated rings. The van der Waals surface area contributed by atoms with Gasteiger partial charge >= 0.3 is 0 Å². The van der Waals surface area contributed by atoms with E-state index in [2.05, 4.69) is 5.10 Å². The molecule has 7 nitrogen and oxygen atoms in total. The number of hydrogen-bond donors (Lipinski definition) is 0. The zero-order valence-corrected chi connectivity index (χ0v) is 13.3. The van der Waals surface area contributed by atoms with E-state index in [0.717, 1.165) is 5.01 Å². The van der Waals surface area contributed by atoms with Crippen molar-refractivity contribution in [2.24, 2.45) is 5.10 Å². The molecule has 0 radical (unpaired) electrons. The summed E-state index contributed by atoms with van der Waals surface area (Å²) in [4.78, 5) is 22.3. The molecule has 0 N–H and O–H groups in total. The lowest BCUT2D eigenvalue weighted by atomic mass is 10.2. The molecule has 1 amide bonds. The Morgan fingerprint density at radius 3 is 2.71 bits per heavy atom. The molecular formula is C16H12ClN3O4. The molecule has 0 saturated carbocycles. The van der Waals surface area contributed by atoms with Gasteiger partial charge in [-0.15, -0.1) is 5.10 Å². The molecule has 24 heavy (non-hydrogen) atoms. The molecule has 0 bridgehead atoms. The van der Waals surface area contributed by atoms with E-state index >= 15 is 0 Å². The summed E-state index contributed by atoms with van der Waals surface area (Å²) in [5.74, 6) is -0.209. The number of rotatable bonds is 3. The molecule has 8 heteroatoms. The highest BCUT2D eigenvalue weighted by Gasteiger charge is 2.34. The Labute approximate surface area is 142 Å². The monoisotopic (exact) mass is 345 g/mol. The normalized spacial score (nSPS) is 16.5. The van der Waals surface area contributed by atoms with Gasteiger partial charge < -0.3 is 4.74 Å². The summed E-state index contributed by atoms with van der Waals surface area (Å²) in [6.45, 7) is 1.35. The highest BCUT2D eigenvalue weighted by molar-refractivity contribution is 6.31. The van der Waals surface area contributed by atoms with Gasteiger partial charge in [0.1, 0.15) is 0 Å². The predicted molar refractivity (Wildman–Crippen MR) is 87.4 cm³/mol. The number of nitro benzene ring substituents is 1. The van der Waals surface area contributed by atoms with E-state index in [0.29, 0.717) is 16.1 Å². The van der Waals surface area contributed by atoms with Crippen molar-refractivity contribution in [3.8, 4) is 0 Å². The minimum atomic E-state index is -0.814. The minimum Gasteiger partial charge on any atom is -0.446 e. The van der Waals surface area contributed by atoms with Crippen molar-refractivity contribution in [2.45, 2.75) is 13.2 Å². The number of halogens is 1. The maximum Gasteiger partial charge on any atom is 0.270 e. The third-order valence-corrected chi connectivity index (χ3v) is 3.79. The lowest BCUT2D eigenvalue weighted by Crippen LogP contribution is -2.25. The van der Waals surface area contributed by atoms with E-state index < -0.39 is 11.2 Å². The number of nitro groups is 1. The third-order valence-electron chi connectivity index (χ3n) is 3.44. The number of carbonyl (C=O) groups excluding carboxylic acids is 1. The summed E-state index contributed by atoms with van der Waals surface area (Å²) in [7, 11) is 0. The molecule has 1 aliphatic rings. The van der Waals surface area contributed by atoms with Gasteiger partial charge in [0, 0.05) is 35.2 Å². The van der Waals surface area contributed by atoms with Gasteiger partial charge in [0.15, 0.2) is 0 Å². The summed E-state index contributed by atoms with van der Waals surface area (Å²) in [6.07, 6.45) is -0.814. The molecule has 1 atom stereocenters. The van der Waals surface area contributed by atoms with Crippen molar-refractivity contribution in [3.05, 3.63) is 74.8 Å². The first kappa shape index (κ1) is 15.9. The predicted octanol–water partition coefficient (Wildman–Crippen LogP) is 3.49. The molecule has 0 saturated heterocycles. The molecule has 2 aromatic carbocycles. The van der Waals surface area contributed by atoms with Crippen molar-refractivity contribution in [2.75, 3.05) is 0 Å². The third kappa shape index (κ3) is 2.93. The lowest BCUT2D eigenvalue weighted by Gasteiger charge is -2.20. The van der Waals surface area contributed by atoms with E-state index in [1.165, 1.54) is 25.1 Å². The van der Waals surface area contributed by atoms with Crippen molar-refractivity contribution < 1.29 is 14.5 Å². The number of non-ortho nitro benzene ring substituents is 1. The lowest BCUT2D eigenvalue weighted by molar-refractivity contribution is -0.384. The summed E-state index contributed by atoms with van der Waals surface area (Å²) in [5.41, 5.74) is 0.901. The number of amides is 1. The Hall–Kier alpha value is -2.93. The summed E-state index contributed by atoms with van der Waals surface area (Å²) in [6, 6.07) is 12.8. The fraction of sp³-hybridized carbons (Fsp3) is 0.125. The largest absolute Gasteiger partial charge is 0.446 e. The Morgan fingerprint density at radius 2 is 2.04 bits per heavy atom. The quantitative estimate of drug-likeness (QED) is 0.629. The molecular weight excluding hydrogens is 334 g/mol. The van der Waals surface area contributed by atoms with Gasteiger partial charge in [0.2, 0.25) is 18.0 Å². The van der Waals surface area contributed by atoms with E-state index in [4.69, 9.17) is 16.3 Å². The molecule has 122 valence electrons. The topological polar surface area (TPSA) is 85.0 Å². The van der Waals surface area contributed by atoms with E-state index in [-0.39, 0.29) is 17.5 Å². The van der Waals surface area contributed by atoms with Crippen LogP contribution in [0.5, 0.6) is 0 Å². The van der Waals surface area contributed by atoms with Crippen LogP contribution in [0.2, 0.25) is 5.02 Å². The Kier molecular flexibility index (Phi) is 4.18. The van der Waals surface area contributed by atoms with Gasteiger partial charge in [-0.1, -0.05) is 35.9 Å². The molecule has 2 aromatic rings. The number of hydrogen-bond acceptors (Lipinski definition) is 5. The second kappa shape index (κ2) is 6.29. The van der Waals surface area contributed by atoms with E-state index in [1.54, 1.807) is 30.3 Å². The zero-order chi connectivity index (χ0) is 17.3. The van der Waals surface area contributed by atoms with Gasteiger partial charge in [0.05, 0.1) is 4.92 Å². The Bertz CT molecular complexity index is 853. The van der Waals surface area contributed by atoms with Gasteiger partial charge in [-0.05, 0) is 12.1 Å². The number of hydrazone groups is 1. The van der Waals surface area contributed by atoms with Crippen LogP contribution >= 0.6 is 11.6 Å². The van der Waals surface area contributed by atoms with E-state index in [9.17, 15) is 14.9 Å². The standard InChI is InChI=1S/C16H12ClN3O4/c1-10(21)19-16(13-7-2-3-8-14(13)17)24-15(18-19)11-5-4-6-12(9-11)20(22)23/h2-9,16H,1H3/t16-/m1/s1. The van der Waals surface area contributed by atoms with Crippen LogP contribution in [0.3, 0.4) is 0 Å². The molecule has 1 aliphatic heterocycles. The highest BCUT2D eigenvalue weighted by atomic mass is 35.5. The molecule has 0 unspecified atom stereocenters. The van der Waals surface area contributed by atoms with Crippen LogP contribution in [0, 0.1) is 10.1 Å². The second-order valence-electron chi connectivity index (χ2n) is 5.07. The maximum absolute atomic E-state index is 11.9. The van der Waals surface area contributed by atoms with Gasteiger partial charge in [0.25, 0.3) is 5.69 Å². The average Bonchev–Trinajstić information content (AvgIpc) is 3.01. The Balaban J connectivity index is 1.99. The van der Waals surface area contributed by atoms with Crippen LogP contribution in [-0.4, -0.2) is 21.7 Å². The van der Waals surface area contributed by atoms with Crippen LogP contribution in [0.4, 0.5) is 5.69 Å². The SMILES string of the molecule is CC(=O)N1N=C(c2cccc([N+](=O)[O-])c2)O[C@@H]1c1ccccc1Cl. The average molecular weight is 346 g/mol. The smallest absolute Gasteiger partial charge is 0.270 e. The number of ether oxygens (including phenoxy) is 1. The Morgan fingerprint density at radius 1 is 1.29 bits per heavy atom. The first-order chi connectivity index (χ1) is 11.5. The first-order valence-corrected chi connectivity index (χ1v) is 7.39. The number of benzene rings is 2. The minimum absolute atomic E-state index is 0.0885. The summed E-state index contributed by atoms with van der Waals surface area (Å²) < 4.78 is 5.77. The van der Waals surface area contributed by atoms with Gasteiger partial charge in [-0.3, -0.25) is 14.9 Å². The molecule has 0 aliphatic carbocycles. The van der Waals surface area contributed by atoms with E-state index in [1.807, 2.05) is 0 Å². The number of nitrogens with zero attached hydrogens (tertiary/aromatic N) is 3. The van der Waals surface area contributed by atoms with Gasteiger partial charge in [-0.2, -0.15) is 5.01 Å². The maximum atomic E-state index is 11.9. The van der Waals surface area contributed by atoms with Crippen LogP contribution in [-0.2, 0) is 9.53 Å². The van der Waals surface area contributed by atoms with Crippen LogP contribution in [0.15, 0.2) is 53.6 Å². The molecule has 0 spiro atoms. The van der Waals surface area contributed by atoms with Crippen molar-refractivity contribution >= 4 is 29.1 Å². The van der Waals surface area contributed by atoms with Crippen LogP contribution < -0.4 is 0 Å². The fourth-order valence-corrected chi connectivity index (χ4v) is 2.54. The first-order valence-electron chi connectivity index (χ1n) is 7.01. The number of carbonyl (C=O) groups is 1. The van der Waals surface area contributed by atoms with Gasteiger partial charge in [-0.25, -0.2) is 0 Å². The summed E-state index contributed by atoms with van der Waals surface area (Å²) >= 11 is 6.18. The summed E-state index contributed by atoms with van der Waals surface area (Å²) in [5, 5.41) is 16.7. The second-order valence-corrected chi connectivity index (χ2v) is 5.48. The van der Waals surface area contributed by atoms with Crippen LogP contribution in [0.1, 0.15) is 24.3 Å². The molecule has 1 heterocycles. The van der Waals surface area contributed by atoms with Crippen LogP contribution in [0.25, 0.3) is 0 Å².